The summed E-state index contributed by atoms with van der Waals surface area (Å²) in [6, 6.07) is 8.48. The lowest BCUT2D eigenvalue weighted by Crippen LogP contribution is -2.28. The molecule has 7 heteroatoms. The predicted octanol–water partition coefficient (Wildman–Crippen LogP) is 1.00. The molecule has 0 aliphatic heterocycles. The summed E-state index contributed by atoms with van der Waals surface area (Å²) in [5, 5.41) is 12.9. The van der Waals surface area contributed by atoms with E-state index in [0.29, 0.717) is 17.0 Å². The average molecular weight is 289 g/mol. The maximum atomic E-state index is 11.5. The fourth-order valence-electron chi connectivity index (χ4n) is 1.42. The predicted molar refractivity (Wildman–Crippen MR) is 73.4 cm³/mol. The molecule has 1 aromatic carbocycles. The van der Waals surface area contributed by atoms with E-state index >= 15 is 0 Å². The molecule has 1 amide bonds. The summed E-state index contributed by atoms with van der Waals surface area (Å²) < 4.78 is 5.27. The van der Waals surface area contributed by atoms with Crippen LogP contribution in [0, 0.1) is 11.3 Å². The van der Waals surface area contributed by atoms with Crippen LogP contribution in [0.2, 0.25) is 0 Å². The summed E-state index contributed by atoms with van der Waals surface area (Å²) in [6.45, 7) is 0.134. The van der Waals surface area contributed by atoms with Gasteiger partial charge in [-0.25, -0.2) is 0 Å². The molecule has 0 unspecified atom stereocenters. The van der Waals surface area contributed by atoms with Gasteiger partial charge in [-0.1, -0.05) is 11.3 Å². The summed E-state index contributed by atoms with van der Waals surface area (Å²) in [4.78, 5) is 24.9. The van der Waals surface area contributed by atoms with Crippen LogP contribution in [-0.4, -0.2) is 17.5 Å². The van der Waals surface area contributed by atoms with E-state index in [1.54, 1.807) is 29.6 Å². The number of ether oxygens (including phenoxy) is 1. The summed E-state index contributed by atoms with van der Waals surface area (Å²) in [5.74, 6) is 0.226. The number of thiazole rings is 1. The number of nitriles is 1. The van der Waals surface area contributed by atoms with Crippen LogP contribution in [0.5, 0.6) is 5.75 Å². The Labute approximate surface area is 118 Å². The molecule has 102 valence electrons. The minimum atomic E-state index is -0.290. The minimum Gasteiger partial charge on any atom is -0.484 e. The fourth-order valence-corrected chi connectivity index (χ4v) is 2.00. The van der Waals surface area contributed by atoms with Crippen molar-refractivity contribution in [2.45, 2.75) is 6.54 Å². The van der Waals surface area contributed by atoms with Gasteiger partial charge in [-0.15, -0.1) is 0 Å². The SMILES string of the molecule is N#Cc1ccc(OCC(=O)NCc2csc(=O)[nH]2)cc1. The van der Waals surface area contributed by atoms with Gasteiger partial charge in [0, 0.05) is 11.1 Å². The molecule has 20 heavy (non-hydrogen) atoms. The second-order valence-corrected chi connectivity index (χ2v) is 4.72. The van der Waals surface area contributed by atoms with Crippen molar-refractivity contribution in [3.8, 4) is 11.8 Å². The first-order valence-electron chi connectivity index (χ1n) is 5.74. The van der Waals surface area contributed by atoms with Crippen molar-refractivity contribution >= 4 is 17.2 Å². The van der Waals surface area contributed by atoms with E-state index in [1.807, 2.05) is 6.07 Å². The van der Waals surface area contributed by atoms with Crippen LogP contribution < -0.4 is 14.9 Å². The zero-order valence-electron chi connectivity index (χ0n) is 10.4. The Morgan fingerprint density at radius 3 is 2.75 bits per heavy atom. The molecule has 0 aliphatic carbocycles. The lowest BCUT2D eigenvalue weighted by atomic mass is 10.2. The lowest BCUT2D eigenvalue weighted by molar-refractivity contribution is -0.123. The summed E-state index contributed by atoms with van der Waals surface area (Å²) in [7, 11) is 0. The van der Waals surface area contributed by atoms with Crippen LogP contribution in [0.15, 0.2) is 34.4 Å². The number of nitrogens with one attached hydrogen (secondary N) is 2. The van der Waals surface area contributed by atoms with E-state index in [0.717, 1.165) is 11.3 Å². The zero-order valence-corrected chi connectivity index (χ0v) is 11.2. The fraction of sp³-hybridized carbons (Fsp3) is 0.154. The van der Waals surface area contributed by atoms with Gasteiger partial charge in [0.25, 0.3) is 5.91 Å². The van der Waals surface area contributed by atoms with Crippen molar-refractivity contribution in [1.82, 2.24) is 10.3 Å². The molecule has 1 heterocycles. The van der Waals surface area contributed by atoms with Crippen molar-refractivity contribution in [2.24, 2.45) is 0 Å². The molecular formula is C13H11N3O3S. The summed E-state index contributed by atoms with van der Waals surface area (Å²) >= 11 is 1.05. The molecule has 0 radical (unpaired) electrons. The number of nitrogens with zero attached hydrogens (tertiary/aromatic N) is 1. The summed E-state index contributed by atoms with van der Waals surface area (Å²) in [6.07, 6.45) is 0. The van der Waals surface area contributed by atoms with E-state index in [1.165, 1.54) is 0 Å². The van der Waals surface area contributed by atoms with Gasteiger partial charge < -0.3 is 15.0 Å². The van der Waals surface area contributed by atoms with Crippen molar-refractivity contribution in [3.63, 3.8) is 0 Å². The second-order valence-electron chi connectivity index (χ2n) is 3.87. The van der Waals surface area contributed by atoms with Crippen LogP contribution in [0.1, 0.15) is 11.3 Å². The smallest absolute Gasteiger partial charge is 0.304 e. The molecule has 2 aromatic rings. The number of carbonyl (C=O) groups is 1. The first-order chi connectivity index (χ1) is 9.67. The standard InChI is InChI=1S/C13H11N3O3S/c14-5-9-1-3-11(4-2-9)19-7-12(17)15-6-10-8-20-13(18)16-10/h1-4,8H,6-7H2,(H,15,17)(H,16,18). The first kappa shape index (κ1) is 13.8. The second kappa shape index (κ2) is 6.54. The lowest BCUT2D eigenvalue weighted by Gasteiger charge is -2.06. The maximum Gasteiger partial charge on any atom is 0.304 e. The van der Waals surface area contributed by atoms with Crippen LogP contribution in [-0.2, 0) is 11.3 Å². The molecule has 2 rings (SSSR count). The average Bonchev–Trinajstić information content (AvgIpc) is 2.89. The molecule has 0 fully saturated rings. The van der Waals surface area contributed by atoms with Crippen LogP contribution >= 0.6 is 11.3 Å². The molecule has 0 saturated heterocycles. The Balaban J connectivity index is 1.77. The molecule has 6 nitrogen and oxygen atoms in total. The Morgan fingerprint density at radius 2 is 2.15 bits per heavy atom. The number of rotatable bonds is 5. The molecule has 0 aliphatic rings. The third-order valence-electron chi connectivity index (χ3n) is 2.40. The maximum absolute atomic E-state index is 11.5. The number of benzene rings is 1. The number of amides is 1. The topological polar surface area (TPSA) is 95.0 Å². The van der Waals surface area contributed by atoms with E-state index in [2.05, 4.69) is 10.3 Å². The van der Waals surface area contributed by atoms with E-state index in [9.17, 15) is 9.59 Å². The highest BCUT2D eigenvalue weighted by atomic mass is 32.1. The Morgan fingerprint density at radius 1 is 1.40 bits per heavy atom. The van der Waals surface area contributed by atoms with Crippen molar-refractivity contribution < 1.29 is 9.53 Å². The number of hydrogen-bond acceptors (Lipinski definition) is 5. The Bertz CT molecular complexity index is 682. The van der Waals surface area contributed by atoms with E-state index < -0.39 is 0 Å². The monoisotopic (exact) mass is 289 g/mol. The number of hydrogen-bond donors (Lipinski definition) is 2. The number of H-pyrrole nitrogens is 1. The van der Waals surface area contributed by atoms with Crippen LogP contribution in [0.25, 0.3) is 0 Å². The molecular weight excluding hydrogens is 278 g/mol. The highest BCUT2D eigenvalue weighted by Crippen LogP contribution is 2.11. The molecule has 0 spiro atoms. The highest BCUT2D eigenvalue weighted by Gasteiger charge is 2.04. The number of carbonyl (C=O) groups excluding carboxylic acids is 1. The van der Waals surface area contributed by atoms with Crippen LogP contribution in [0.3, 0.4) is 0 Å². The molecule has 0 bridgehead atoms. The first-order valence-corrected chi connectivity index (χ1v) is 6.61. The number of aromatic amines is 1. The summed E-state index contributed by atoms with van der Waals surface area (Å²) in [5.41, 5.74) is 1.19. The van der Waals surface area contributed by atoms with Gasteiger partial charge in [-0.3, -0.25) is 9.59 Å². The van der Waals surface area contributed by atoms with Gasteiger partial charge in [0.15, 0.2) is 6.61 Å². The molecule has 2 N–H and O–H groups in total. The van der Waals surface area contributed by atoms with Gasteiger partial charge in [0.1, 0.15) is 5.75 Å². The minimum absolute atomic E-state index is 0.125. The quantitative estimate of drug-likeness (QED) is 0.858. The molecule has 0 atom stereocenters. The van der Waals surface area contributed by atoms with E-state index in [-0.39, 0.29) is 23.9 Å². The molecule has 1 aromatic heterocycles. The normalized spacial score (nSPS) is 9.75. The van der Waals surface area contributed by atoms with Crippen molar-refractivity contribution in [3.05, 3.63) is 50.6 Å². The van der Waals surface area contributed by atoms with Gasteiger partial charge >= 0.3 is 4.87 Å². The zero-order chi connectivity index (χ0) is 14.4. The molecule has 0 saturated carbocycles. The van der Waals surface area contributed by atoms with Crippen molar-refractivity contribution in [2.75, 3.05) is 6.61 Å². The largest absolute Gasteiger partial charge is 0.484 e. The third-order valence-corrected chi connectivity index (χ3v) is 3.12. The van der Waals surface area contributed by atoms with Crippen molar-refractivity contribution in [1.29, 1.82) is 5.26 Å². The van der Waals surface area contributed by atoms with Gasteiger partial charge in [0.2, 0.25) is 0 Å². The van der Waals surface area contributed by atoms with Crippen LogP contribution in [0.4, 0.5) is 0 Å². The highest BCUT2D eigenvalue weighted by molar-refractivity contribution is 7.07. The number of aromatic nitrogens is 1. The van der Waals surface area contributed by atoms with E-state index in [4.69, 9.17) is 10.00 Å². The van der Waals surface area contributed by atoms with Gasteiger partial charge in [-0.2, -0.15) is 5.26 Å². The van der Waals surface area contributed by atoms with Gasteiger partial charge in [0.05, 0.1) is 18.2 Å². The Hall–Kier alpha value is -2.59. The Kier molecular flexibility index (Phi) is 4.52. The third kappa shape index (κ3) is 3.96. The van der Waals surface area contributed by atoms with Gasteiger partial charge in [-0.05, 0) is 24.3 Å².